The van der Waals surface area contributed by atoms with Crippen molar-refractivity contribution < 1.29 is 8.42 Å². The maximum Gasteiger partial charge on any atom is 0.154 e. The topological polar surface area (TPSA) is 59.1 Å². The summed E-state index contributed by atoms with van der Waals surface area (Å²) in [6, 6.07) is 3.34. The van der Waals surface area contributed by atoms with Crippen LogP contribution in [-0.2, 0) is 15.6 Å². The van der Waals surface area contributed by atoms with Gasteiger partial charge < -0.3 is 5.32 Å². The normalized spacial score (nSPS) is 17.8. The predicted octanol–water partition coefficient (Wildman–Crippen LogP) is 1.65. The molecular weight excluding hydrogens is 272 g/mol. The van der Waals surface area contributed by atoms with Gasteiger partial charge in [-0.05, 0) is 43.5 Å². The fraction of sp³-hybridized carbons (Fsp3) is 0.583. The lowest BCUT2D eigenvalue weighted by molar-refractivity contribution is 0.401. The molecule has 2 rings (SSSR count). The van der Waals surface area contributed by atoms with Gasteiger partial charge in [-0.1, -0.05) is 17.7 Å². The zero-order chi connectivity index (χ0) is 13.0. The van der Waals surface area contributed by atoms with Gasteiger partial charge in [0.1, 0.15) is 5.15 Å². The van der Waals surface area contributed by atoms with Crippen LogP contribution in [0.25, 0.3) is 0 Å². The van der Waals surface area contributed by atoms with E-state index in [0.29, 0.717) is 10.7 Å². The maximum absolute atomic E-state index is 12.1. The zero-order valence-electron chi connectivity index (χ0n) is 10.1. The highest BCUT2D eigenvalue weighted by Crippen LogP contribution is 2.17. The molecule has 4 nitrogen and oxygen atoms in total. The lowest BCUT2D eigenvalue weighted by Crippen LogP contribution is -2.31. The molecule has 0 aromatic carbocycles. The fourth-order valence-electron chi connectivity index (χ4n) is 2.21. The fourth-order valence-corrected chi connectivity index (χ4v) is 4.17. The minimum Gasteiger partial charge on any atom is -0.317 e. The molecule has 0 radical (unpaired) electrons. The molecule has 0 aliphatic carbocycles. The Morgan fingerprint density at radius 2 is 2.06 bits per heavy atom. The highest BCUT2D eigenvalue weighted by Gasteiger charge is 2.21. The van der Waals surface area contributed by atoms with Crippen LogP contribution in [0.15, 0.2) is 18.3 Å². The largest absolute Gasteiger partial charge is 0.317 e. The summed E-state index contributed by atoms with van der Waals surface area (Å²) in [5.74, 6) is 0.620. The van der Waals surface area contributed by atoms with Gasteiger partial charge in [-0.15, -0.1) is 0 Å². The Kier molecular flexibility index (Phi) is 4.59. The summed E-state index contributed by atoms with van der Waals surface area (Å²) < 4.78 is 24.1. The first kappa shape index (κ1) is 13.8. The summed E-state index contributed by atoms with van der Waals surface area (Å²) in [7, 11) is -3.06. The van der Waals surface area contributed by atoms with Crippen molar-refractivity contribution in [1.82, 2.24) is 10.3 Å². The van der Waals surface area contributed by atoms with Gasteiger partial charge in [0.2, 0.25) is 0 Å². The molecule has 0 amide bonds. The van der Waals surface area contributed by atoms with E-state index in [0.717, 1.165) is 25.9 Å². The standard InChI is InChI=1S/C12H17ClN2O2S/c13-12-2-1-11(7-15-12)9-18(16,17)8-10-3-5-14-6-4-10/h1-2,7,10,14H,3-6,8-9H2. The van der Waals surface area contributed by atoms with Crippen molar-refractivity contribution in [2.75, 3.05) is 18.8 Å². The smallest absolute Gasteiger partial charge is 0.154 e. The second-order valence-electron chi connectivity index (χ2n) is 4.74. The van der Waals surface area contributed by atoms with Crippen LogP contribution in [-0.4, -0.2) is 32.2 Å². The van der Waals surface area contributed by atoms with E-state index in [-0.39, 0.29) is 17.4 Å². The molecule has 0 saturated carbocycles. The van der Waals surface area contributed by atoms with Crippen molar-refractivity contribution in [2.45, 2.75) is 18.6 Å². The van der Waals surface area contributed by atoms with Crippen LogP contribution in [0.4, 0.5) is 0 Å². The van der Waals surface area contributed by atoms with Crippen molar-refractivity contribution >= 4 is 21.4 Å². The average molecular weight is 289 g/mol. The number of aromatic nitrogens is 1. The second-order valence-corrected chi connectivity index (χ2v) is 7.23. The van der Waals surface area contributed by atoms with Crippen LogP contribution in [0.1, 0.15) is 18.4 Å². The van der Waals surface area contributed by atoms with Crippen LogP contribution in [0, 0.1) is 5.92 Å². The quantitative estimate of drug-likeness (QED) is 0.856. The van der Waals surface area contributed by atoms with E-state index in [1.165, 1.54) is 6.20 Å². The summed E-state index contributed by atoms with van der Waals surface area (Å²) in [5.41, 5.74) is 0.702. The van der Waals surface area contributed by atoms with E-state index in [1.807, 2.05) is 0 Å². The van der Waals surface area contributed by atoms with Gasteiger partial charge in [-0.3, -0.25) is 0 Å². The van der Waals surface area contributed by atoms with Gasteiger partial charge in [-0.25, -0.2) is 13.4 Å². The Bertz CT molecular complexity index is 481. The van der Waals surface area contributed by atoms with Gasteiger partial charge in [0, 0.05) is 6.20 Å². The summed E-state index contributed by atoms with van der Waals surface area (Å²) >= 11 is 5.67. The third kappa shape index (κ3) is 4.23. The van der Waals surface area contributed by atoms with Crippen molar-refractivity contribution in [3.05, 3.63) is 29.0 Å². The van der Waals surface area contributed by atoms with Crippen molar-refractivity contribution in [3.8, 4) is 0 Å². The molecule has 6 heteroatoms. The molecule has 1 saturated heterocycles. The Morgan fingerprint density at radius 3 is 2.67 bits per heavy atom. The Balaban J connectivity index is 1.96. The van der Waals surface area contributed by atoms with Crippen LogP contribution in [0.3, 0.4) is 0 Å². The van der Waals surface area contributed by atoms with Gasteiger partial charge in [0.15, 0.2) is 9.84 Å². The molecule has 1 aromatic heterocycles. The van der Waals surface area contributed by atoms with Crippen molar-refractivity contribution in [2.24, 2.45) is 5.92 Å². The lowest BCUT2D eigenvalue weighted by atomic mass is 10.0. The molecule has 1 aliphatic rings. The number of hydrogen-bond donors (Lipinski definition) is 1. The Morgan fingerprint density at radius 1 is 1.33 bits per heavy atom. The average Bonchev–Trinajstić information content (AvgIpc) is 2.32. The molecule has 0 bridgehead atoms. The van der Waals surface area contributed by atoms with E-state index in [4.69, 9.17) is 11.6 Å². The minimum absolute atomic E-state index is 0.0566. The van der Waals surface area contributed by atoms with Gasteiger partial charge in [0.25, 0.3) is 0 Å². The van der Waals surface area contributed by atoms with Gasteiger partial charge >= 0.3 is 0 Å². The SMILES string of the molecule is O=S(=O)(Cc1ccc(Cl)nc1)CC1CCNCC1. The molecule has 1 fully saturated rings. The van der Waals surface area contributed by atoms with Gasteiger partial charge in [0.05, 0.1) is 11.5 Å². The highest BCUT2D eigenvalue weighted by atomic mass is 35.5. The van der Waals surface area contributed by atoms with Crippen LogP contribution in [0.2, 0.25) is 5.15 Å². The number of pyridine rings is 1. The first-order valence-corrected chi connectivity index (χ1v) is 8.27. The molecule has 1 N–H and O–H groups in total. The van der Waals surface area contributed by atoms with Crippen molar-refractivity contribution in [1.29, 1.82) is 0 Å². The Labute approximate surface area is 113 Å². The molecule has 1 aliphatic heterocycles. The molecule has 18 heavy (non-hydrogen) atoms. The zero-order valence-corrected chi connectivity index (χ0v) is 11.7. The summed E-state index contributed by atoms with van der Waals surface area (Å²) in [4.78, 5) is 3.90. The molecular formula is C12H17ClN2O2S. The molecule has 100 valence electrons. The van der Waals surface area contributed by atoms with Gasteiger partial charge in [-0.2, -0.15) is 0 Å². The monoisotopic (exact) mass is 288 g/mol. The van der Waals surface area contributed by atoms with E-state index in [9.17, 15) is 8.42 Å². The number of sulfone groups is 1. The van der Waals surface area contributed by atoms with Crippen LogP contribution >= 0.6 is 11.6 Å². The molecule has 0 atom stereocenters. The minimum atomic E-state index is -3.06. The summed E-state index contributed by atoms with van der Waals surface area (Å²) in [5, 5.41) is 3.62. The number of rotatable bonds is 4. The maximum atomic E-state index is 12.1. The van der Waals surface area contributed by atoms with Crippen molar-refractivity contribution in [3.63, 3.8) is 0 Å². The van der Waals surface area contributed by atoms with Crippen LogP contribution in [0.5, 0.6) is 0 Å². The molecule has 1 aromatic rings. The third-order valence-corrected chi connectivity index (χ3v) is 5.10. The number of nitrogens with one attached hydrogen (secondary N) is 1. The lowest BCUT2D eigenvalue weighted by Gasteiger charge is -2.22. The Hall–Kier alpha value is -0.650. The van der Waals surface area contributed by atoms with Crippen LogP contribution < -0.4 is 5.32 Å². The van der Waals surface area contributed by atoms with E-state index >= 15 is 0 Å². The predicted molar refractivity (Wildman–Crippen MR) is 72.3 cm³/mol. The van der Waals surface area contributed by atoms with E-state index < -0.39 is 9.84 Å². The first-order valence-electron chi connectivity index (χ1n) is 6.07. The number of piperidine rings is 1. The molecule has 0 unspecified atom stereocenters. The molecule has 0 spiro atoms. The number of nitrogens with zero attached hydrogens (tertiary/aromatic N) is 1. The van der Waals surface area contributed by atoms with E-state index in [1.54, 1.807) is 12.1 Å². The first-order chi connectivity index (χ1) is 8.55. The summed E-state index contributed by atoms with van der Waals surface area (Å²) in [6.07, 6.45) is 3.42. The highest BCUT2D eigenvalue weighted by molar-refractivity contribution is 7.90. The number of halogens is 1. The molecule has 2 heterocycles. The summed E-state index contributed by atoms with van der Waals surface area (Å²) in [6.45, 7) is 1.84. The van der Waals surface area contributed by atoms with E-state index in [2.05, 4.69) is 10.3 Å². The third-order valence-electron chi connectivity index (χ3n) is 3.12. The number of hydrogen-bond acceptors (Lipinski definition) is 4. The second kappa shape index (κ2) is 5.99.